The van der Waals surface area contributed by atoms with Crippen LogP contribution in [-0.4, -0.2) is 18.3 Å². The molecule has 0 saturated carbocycles. The second kappa shape index (κ2) is 6.51. The molecule has 2 atom stereocenters. The quantitative estimate of drug-likeness (QED) is 0.860. The van der Waals surface area contributed by atoms with E-state index >= 15 is 0 Å². The summed E-state index contributed by atoms with van der Waals surface area (Å²) in [7, 11) is 1.68. The highest BCUT2D eigenvalue weighted by atomic mass is 79.9. The Morgan fingerprint density at radius 3 is 3.10 bits per heavy atom. The van der Waals surface area contributed by atoms with Crippen LogP contribution in [0.4, 0.5) is 0 Å². The molecule has 112 valence electrons. The van der Waals surface area contributed by atoms with Gasteiger partial charge in [0.1, 0.15) is 5.75 Å². The van der Waals surface area contributed by atoms with Crippen molar-refractivity contribution in [3.8, 4) is 5.75 Å². The van der Waals surface area contributed by atoms with E-state index in [0.29, 0.717) is 6.42 Å². The van der Waals surface area contributed by atoms with Gasteiger partial charge in [-0.3, -0.25) is 0 Å². The maximum atomic E-state index is 10.7. The zero-order chi connectivity index (χ0) is 14.8. The lowest BCUT2D eigenvalue weighted by Crippen LogP contribution is -2.24. The fraction of sp³-hybridized carbons (Fsp3) is 0.412. The predicted molar refractivity (Wildman–Crippen MR) is 90.4 cm³/mol. The van der Waals surface area contributed by atoms with Crippen LogP contribution in [0.1, 0.15) is 34.8 Å². The van der Waals surface area contributed by atoms with Gasteiger partial charge in [0.25, 0.3) is 0 Å². The summed E-state index contributed by atoms with van der Waals surface area (Å²) in [6.45, 7) is 0. The first kappa shape index (κ1) is 15.1. The summed E-state index contributed by atoms with van der Waals surface area (Å²) >= 11 is 5.32. The third kappa shape index (κ3) is 3.17. The fourth-order valence-corrected chi connectivity index (χ4v) is 4.60. The van der Waals surface area contributed by atoms with E-state index in [1.807, 2.05) is 29.5 Å². The van der Waals surface area contributed by atoms with Crippen LogP contribution in [0.3, 0.4) is 0 Å². The monoisotopic (exact) mass is 366 g/mol. The molecule has 21 heavy (non-hydrogen) atoms. The highest BCUT2D eigenvalue weighted by Gasteiger charge is 2.28. The summed E-state index contributed by atoms with van der Waals surface area (Å²) in [5, 5.41) is 12.9. The summed E-state index contributed by atoms with van der Waals surface area (Å²) in [6, 6.07) is 8.14. The van der Waals surface area contributed by atoms with E-state index in [1.54, 1.807) is 7.11 Å². The molecular formula is C17H19BrO2S. The summed E-state index contributed by atoms with van der Waals surface area (Å²) < 4.78 is 6.43. The highest BCUT2D eigenvalue weighted by molar-refractivity contribution is 9.10. The van der Waals surface area contributed by atoms with Gasteiger partial charge in [0.15, 0.2) is 0 Å². The predicted octanol–water partition coefficient (Wildman–Crippen LogP) is 4.54. The number of rotatable bonds is 4. The number of fused-ring (bicyclic) bond motifs is 1. The molecule has 1 aromatic heterocycles. The SMILES string of the molecule is COc1ccc(Br)cc1CC(O)C1CCCc2sccc21. The molecule has 2 unspecified atom stereocenters. The Labute approximate surface area is 137 Å². The van der Waals surface area contributed by atoms with Crippen molar-refractivity contribution in [3.05, 3.63) is 50.1 Å². The van der Waals surface area contributed by atoms with E-state index < -0.39 is 0 Å². The van der Waals surface area contributed by atoms with Crippen LogP contribution in [0.5, 0.6) is 5.75 Å². The minimum atomic E-state index is -0.359. The number of hydrogen-bond donors (Lipinski definition) is 1. The summed E-state index contributed by atoms with van der Waals surface area (Å²) in [5.41, 5.74) is 2.41. The minimum absolute atomic E-state index is 0.253. The van der Waals surface area contributed by atoms with Crippen molar-refractivity contribution in [1.29, 1.82) is 0 Å². The molecule has 1 N–H and O–H groups in total. The Balaban J connectivity index is 1.82. The van der Waals surface area contributed by atoms with Crippen LogP contribution < -0.4 is 4.74 Å². The molecule has 0 fully saturated rings. The number of aliphatic hydroxyl groups excluding tert-OH is 1. The van der Waals surface area contributed by atoms with Gasteiger partial charge in [0, 0.05) is 21.7 Å². The lowest BCUT2D eigenvalue weighted by Gasteiger charge is -2.27. The van der Waals surface area contributed by atoms with Gasteiger partial charge in [0.2, 0.25) is 0 Å². The van der Waals surface area contributed by atoms with Gasteiger partial charge in [0.05, 0.1) is 13.2 Å². The van der Waals surface area contributed by atoms with Gasteiger partial charge in [-0.2, -0.15) is 0 Å². The second-order valence-corrected chi connectivity index (χ2v) is 7.44. The zero-order valence-corrected chi connectivity index (χ0v) is 14.4. The number of aryl methyl sites for hydroxylation is 1. The number of hydrogen-bond acceptors (Lipinski definition) is 3. The molecule has 2 nitrogen and oxygen atoms in total. The number of halogens is 1. The van der Waals surface area contributed by atoms with Crippen molar-refractivity contribution in [2.24, 2.45) is 0 Å². The van der Waals surface area contributed by atoms with Crippen molar-refractivity contribution in [2.75, 3.05) is 7.11 Å². The fourth-order valence-electron chi connectivity index (χ4n) is 3.20. The summed E-state index contributed by atoms with van der Waals surface area (Å²) in [4.78, 5) is 1.45. The van der Waals surface area contributed by atoms with E-state index in [1.165, 1.54) is 16.9 Å². The van der Waals surface area contributed by atoms with E-state index in [2.05, 4.69) is 27.4 Å². The van der Waals surface area contributed by atoms with Crippen molar-refractivity contribution >= 4 is 27.3 Å². The third-order valence-corrected chi connectivity index (χ3v) is 5.72. The molecule has 0 aliphatic heterocycles. The molecule has 1 aliphatic carbocycles. The molecule has 0 saturated heterocycles. The Bertz CT molecular complexity index is 623. The molecule has 0 spiro atoms. The Hall–Kier alpha value is -0.840. The highest BCUT2D eigenvalue weighted by Crippen LogP contribution is 2.38. The Morgan fingerprint density at radius 1 is 1.43 bits per heavy atom. The van der Waals surface area contributed by atoms with E-state index in [-0.39, 0.29) is 12.0 Å². The average Bonchev–Trinajstić information content (AvgIpc) is 2.95. The molecule has 3 rings (SSSR count). The molecule has 0 amide bonds. The van der Waals surface area contributed by atoms with E-state index in [9.17, 15) is 5.11 Å². The van der Waals surface area contributed by atoms with Crippen LogP contribution in [0.2, 0.25) is 0 Å². The topological polar surface area (TPSA) is 29.5 Å². The summed E-state index contributed by atoms with van der Waals surface area (Å²) in [5.74, 6) is 1.10. The Morgan fingerprint density at radius 2 is 2.29 bits per heavy atom. The zero-order valence-electron chi connectivity index (χ0n) is 12.0. The van der Waals surface area contributed by atoms with E-state index in [4.69, 9.17) is 4.74 Å². The number of methoxy groups -OCH3 is 1. The molecule has 1 heterocycles. The normalized spacial score (nSPS) is 19.1. The first-order valence-electron chi connectivity index (χ1n) is 7.26. The van der Waals surface area contributed by atoms with Gasteiger partial charge in [-0.1, -0.05) is 15.9 Å². The van der Waals surface area contributed by atoms with Crippen LogP contribution >= 0.6 is 27.3 Å². The Kier molecular flexibility index (Phi) is 4.67. The number of thiophene rings is 1. The second-order valence-electron chi connectivity index (χ2n) is 5.53. The van der Waals surface area contributed by atoms with Crippen molar-refractivity contribution in [3.63, 3.8) is 0 Å². The molecule has 1 aliphatic rings. The van der Waals surface area contributed by atoms with Gasteiger partial charge in [-0.05, 0) is 60.0 Å². The van der Waals surface area contributed by atoms with Crippen LogP contribution in [-0.2, 0) is 12.8 Å². The van der Waals surface area contributed by atoms with Crippen LogP contribution in [0.25, 0.3) is 0 Å². The largest absolute Gasteiger partial charge is 0.496 e. The smallest absolute Gasteiger partial charge is 0.122 e. The molecule has 2 aromatic rings. The van der Waals surface area contributed by atoms with Gasteiger partial charge < -0.3 is 9.84 Å². The maximum Gasteiger partial charge on any atom is 0.122 e. The van der Waals surface area contributed by atoms with Crippen molar-refractivity contribution in [1.82, 2.24) is 0 Å². The van der Waals surface area contributed by atoms with Gasteiger partial charge in [-0.25, -0.2) is 0 Å². The van der Waals surface area contributed by atoms with Crippen molar-refractivity contribution < 1.29 is 9.84 Å². The van der Waals surface area contributed by atoms with Crippen LogP contribution in [0.15, 0.2) is 34.1 Å². The first-order chi connectivity index (χ1) is 10.2. The molecule has 0 bridgehead atoms. The van der Waals surface area contributed by atoms with Crippen molar-refractivity contribution in [2.45, 2.75) is 37.7 Å². The third-order valence-electron chi connectivity index (χ3n) is 4.23. The maximum absolute atomic E-state index is 10.7. The standard InChI is InChI=1S/C17H19BrO2S/c1-20-16-6-5-12(18)9-11(16)10-15(19)13-3-2-4-17-14(13)7-8-21-17/h5-9,13,15,19H,2-4,10H2,1H3. The minimum Gasteiger partial charge on any atom is -0.496 e. The molecule has 1 aromatic carbocycles. The lowest BCUT2D eigenvalue weighted by atomic mass is 9.82. The number of benzene rings is 1. The van der Waals surface area contributed by atoms with Crippen LogP contribution in [0, 0.1) is 0 Å². The number of aliphatic hydroxyl groups is 1. The lowest BCUT2D eigenvalue weighted by molar-refractivity contribution is 0.134. The van der Waals surface area contributed by atoms with E-state index in [0.717, 1.165) is 28.6 Å². The first-order valence-corrected chi connectivity index (χ1v) is 8.93. The summed E-state index contributed by atoms with van der Waals surface area (Å²) in [6.07, 6.45) is 3.67. The van der Waals surface area contributed by atoms with Gasteiger partial charge >= 0.3 is 0 Å². The molecule has 0 radical (unpaired) electrons. The van der Waals surface area contributed by atoms with Gasteiger partial charge in [-0.15, -0.1) is 11.3 Å². The molecule has 4 heteroatoms. The molecular weight excluding hydrogens is 348 g/mol. The number of ether oxygens (including phenoxy) is 1. The average molecular weight is 367 g/mol.